The number of likely N-dealkylation sites (tertiary alicyclic amines) is 1. The van der Waals surface area contributed by atoms with Gasteiger partial charge in [-0.25, -0.2) is 0 Å². The van der Waals surface area contributed by atoms with Gasteiger partial charge in [0, 0.05) is 26.4 Å². The van der Waals surface area contributed by atoms with Gasteiger partial charge in [0.2, 0.25) is 0 Å². The smallest absolute Gasteiger partial charge is 0.135 e. The first-order valence-corrected chi connectivity index (χ1v) is 7.93. The van der Waals surface area contributed by atoms with Crippen LogP contribution in [0.25, 0.3) is 0 Å². The second-order valence-corrected chi connectivity index (χ2v) is 6.29. The summed E-state index contributed by atoms with van der Waals surface area (Å²) in [6.45, 7) is 4.47. The summed E-state index contributed by atoms with van der Waals surface area (Å²) >= 11 is 0. The molecule has 6 nitrogen and oxygen atoms in total. The minimum atomic E-state index is -0.737. The minimum Gasteiger partial charge on any atom is -0.465 e. The lowest BCUT2D eigenvalue weighted by atomic mass is 9.89. The Kier molecular flexibility index (Phi) is 4.31. The predicted molar refractivity (Wildman–Crippen MR) is 82.3 cm³/mol. The maximum Gasteiger partial charge on any atom is 0.135 e. The van der Waals surface area contributed by atoms with Crippen LogP contribution in [-0.2, 0) is 26.4 Å². The number of nitrogens with zero attached hydrogens (tertiary/aromatic N) is 4. The molecule has 3 heterocycles. The van der Waals surface area contributed by atoms with Crippen molar-refractivity contribution in [3.8, 4) is 0 Å². The van der Waals surface area contributed by atoms with Crippen molar-refractivity contribution in [1.82, 2.24) is 19.7 Å². The number of rotatable bonds is 5. The van der Waals surface area contributed by atoms with Gasteiger partial charge in [-0.2, -0.15) is 0 Å². The number of hydrogen-bond donors (Lipinski definition) is 1. The Balaban J connectivity index is 1.64. The summed E-state index contributed by atoms with van der Waals surface area (Å²) < 4.78 is 7.65. The standard InChI is InChI=1S/C16H24N4O2/c1-3-13-5-6-14(22-13)10-20-8-4-7-16(21,11-20)9-15-18-17-12-19(15)2/h5-6,12,21H,3-4,7-11H2,1-2H3. The van der Waals surface area contributed by atoms with E-state index in [0.29, 0.717) is 13.0 Å². The lowest BCUT2D eigenvalue weighted by molar-refractivity contribution is -0.0360. The average Bonchev–Trinajstić information content (AvgIpc) is 3.08. The maximum atomic E-state index is 10.9. The van der Waals surface area contributed by atoms with Gasteiger partial charge in [0.1, 0.15) is 23.7 Å². The number of furan rings is 1. The van der Waals surface area contributed by atoms with Crippen LogP contribution in [0.5, 0.6) is 0 Å². The van der Waals surface area contributed by atoms with Crippen LogP contribution in [0.15, 0.2) is 22.9 Å². The number of aliphatic hydroxyl groups is 1. The average molecular weight is 304 g/mol. The van der Waals surface area contributed by atoms with E-state index in [9.17, 15) is 5.11 Å². The zero-order chi connectivity index (χ0) is 15.6. The molecule has 2 aromatic rings. The molecule has 2 aromatic heterocycles. The molecule has 0 aliphatic carbocycles. The van der Waals surface area contributed by atoms with Gasteiger partial charge in [-0.15, -0.1) is 10.2 Å². The molecule has 0 bridgehead atoms. The van der Waals surface area contributed by atoms with E-state index in [2.05, 4.69) is 22.0 Å². The molecule has 1 atom stereocenters. The van der Waals surface area contributed by atoms with Crippen LogP contribution in [-0.4, -0.2) is 43.5 Å². The van der Waals surface area contributed by atoms with Gasteiger partial charge in [0.05, 0.1) is 12.1 Å². The Morgan fingerprint density at radius 1 is 1.36 bits per heavy atom. The lowest BCUT2D eigenvalue weighted by Gasteiger charge is -2.38. The SMILES string of the molecule is CCc1ccc(CN2CCCC(O)(Cc3nncn3C)C2)o1. The van der Waals surface area contributed by atoms with Gasteiger partial charge in [0.15, 0.2) is 0 Å². The fourth-order valence-corrected chi connectivity index (χ4v) is 3.16. The van der Waals surface area contributed by atoms with Crippen molar-refractivity contribution in [2.24, 2.45) is 7.05 Å². The first-order valence-electron chi connectivity index (χ1n) is 7.93. The van der Waals surface area contributed by atoms with E-state index in [1.54, 1.807) is 6.33 Å². The highest BCUT2D eigenvalue weighted by molar-refractivity contribution is 5.07. The summed E-state index contributed by atoms with van der Waals surface area (Å²) in [6, 6.07) is 4.07. The Morgan fingerprint density at radius 3 is 2.86 bits per heavy atom. The molecule has 1 N–H and O–H groups in total. The van der Waals surface area contributed by atoms with E-state index < -0.39 is 5.60 Å². The molecule has 1 aliphatic rings. The van der Waals surface area contributed by atoms with Gasteiger partial charge in [-0.1, -0.05) is 6.92 Å². The van der Waals surface area contributed by atoms with Crippen LogP contribution in [0.4, 0.5) is 0 Å². The van der Waals surface area contributed by atoms with Crippen molar-refractivity contribution >= 4 is 0 Å². The molecular formula is C16H24N4O2. The summed E-state index contributed by atoms with van der Waals surface area (Å²) in [7, 11) is 1.91. The number of piperidine rings is 1. The third-order valence-corrected chi connectivity index (χ3v) is 4.37. The number of hydrogen-bond acceptors (Lipinski definition) is 5. The van der Waals surface area contributed by atoms with Crippen molar-refractivity contribution in [3.63, 3.8) is 0 Å². The molecule has 0 radical (unpaired) electrons. The van der Waals surface area contributed by atoms with Crippen molar-refractivity contribution < 1.29 is 9.52 Å². The van der Waals surface area contributed by atoms with E-state index in [4.69, 9.17) is 4.42 Å². The summed E-state index contributed by atoms with van der Waals surface area (Å²) in [5.74, 6) is 2.82. The molecule has 0 aromatic carbocycles. The molecule has 1 saturated heterocycles. The van der Waals surface area contributed by atoms with Crippen LogP contribution in [0.3, 0.4) is 0 Å². The third kappa shape index (κ3) is 3.39. The van der Waals surface area contributed by atoms with Gasteiger partial charge >= 0.3 is 0 Å². The predicted octanol–water partition coefficient (Wildman–Crippen LogP) is 1.54. The molecule has 1 unspecified atom stereocenters. The van der Waals surface area contributed by atoms with E-state index in [1.165, 1.54) is 0 Å². The minimum absolute atomic E-state index is 0.540. The van der Waals surface area contributed by atoms with Crippen molar-refractivity contribution in [2.45, 2.75) is 44.8 Å². The van der Waals surface area contributed by atoms with Gasteiger partial charge in [-0.05, 0) is 31.5 Å². The molecular weight excluding hydrogens is 280 g/mol. The number of aryl methyl sites for hydroxylation is 2. The molecule has 120 valence electrons. The Morgan fingerprint density at radius 2 is 2.18 bits per heavy atom. The fourth-order valence-electron chi connectivity index (χ4n) is 3.16. The molecule has 0 amide bonds. The first-order chi connectivity index (χ1) is 10.6. The Labute approximate surface area is 130 Å². The van der Waals surface area contributed by atoms with E-state index in [0.717, 1.165) is 49.7 Å². The molecule has 22 heavy (non-hydrogen) atoms. The highest BCUT2D eigenvalue weighted by atomic mass is 16.3. The summed E-state index contributed by atoms with van der Waals surface area (Å²) in [4.78, 5) is 2.26. The molecule has 1 aliphatic heterocycles. The molecule has 6 heteroatoms. The van der Waals surface area contributed by atoms with Crippen LogP contribution >= 0.6 is 0 Å². The number of β-amino-alcohol motifs (C(OH)–C–C–N with tert-alkyl or cyclic N) is 1. The van der Waals surface area contributed by atoms with Crippen molar-refractivity contribution in [2.75, 3.05) is 13.1 Å². The first kappa shape index (κ1) is 15.2. The highest BCUT2D eigenvalue weighted by Crippen LogP contribution is 2.26. The van der Waals surface area contributed by atoms with Crippen LogP contribution < -0.4 is 0 Å². The van der Waals surface area contributed by atoms with E-state index in [-0.39, 0.29) is 0 Å². The topological polar surface area (TPSA) is 67.3 Å². The second-order valence-electron chi connectivity index (χ2n) is 6.29. The Hall–Kier alpha value is -1.66. The monoisotopic (exact) mass is 304 g/mol. The summed E-state index contributed by atoms with van der Waals surface area (Å²) in [5, 5.41) is 18.9. The highest BCUT2D eigenvalue weighted by Gasteiger charge is 2.35. The lowest BCUT2D eigenvalue weighted by Crippen LogP contribution is -2.49. The van der Waals surface area contributed by atoms with Crippen LogP contribution in [0.2, 0.25) is 0 Å². The van der Waals surface area contributed by atoms with Gasteiger partial charge in [-0.3, -0.25) is 4.90 Å². The van der Waals surface area contributed by atoms with Gasteiger partial charge in [0.25, 0.3) is 0 Å². The normalized spacial score (nSPS) is 23.0. The molecule has 0 saturated carbocycles. The van der Waals surface area contributed by atoms with Crippen molar-refractivity contribution in [1.29, 1.82) is 0 Å². The Bertz CT molecular complexity index is 621. The van der Waals surface area contributed by atoms with Crippen LogP contribution in [0.1, 0.15) is 37.1 Å². The largest absolute Gasteiger partial charge is 0.465 e. The maximum absolute atomic E-state index is 10.9. The molecule has 1 fully saturated rings. The van der Waals surface area contributed by atoms with E-state index >= 15 is 0 Å². The van der Waals surface area contributed by atoms with Gasteiger partial charge < -0.3 is 14.1 Å². The van der Waals surface area contributed by atoms with Crippen LogP contribution in [0, 0.1) is 0 Å². The fraction of sp³-hybridized carbons (Fsp3) is 0.625. The summed E-state index contributed by atoms with van der Waals surface area (Å²) in [5.41, 5.74) is -0.737. The molecule has 3 rings (SSSR count). The third-order valence-electron chi connectivity index (χ3n) is 4.37. The number of aromatic nitrogens is 3. The second kappa shape index (κ2) is 6.22. The molecule has 0 spiro atoms. The zero-order valence-electron chi connectivity index (χ0n) is 13.3. The van der Waals surface area contributed by atoms with Crippen molar-refractivity contribution in [3.05, 3.63) is 35.8 Å². The van der Waals surface area contributed by atoms with E-state index in [1.807, 2.05) is 23.7 Å². The quantitative estimate of drug-likeness (QED) is 0.907. The summed E-state index contributed by atoms with van der Waals surface area (Å²) in [6.07, 6.45) is 4.91. The zero-order valence-corrected chi connectivity index (χ0v) is 13.3.